The number of anilines is 18. The fourth-order valence-corrected chi connectivity index (χ4v) is 21.2. The first-order valence-corrected chi connectivity index (χ1v) is 31.2. The summed E-state index contributed by atoms with van der Waals surface area (Å²) in [5, 5.41) is 0.673. The molecule has 4 aliphatic heterocycles. The van der Waals surface area contributed by atoms with Crippen LogP contribution in [0.15, 0.2) is 303 Å². The quantitative estimate of drug-likeness (QED) is 0.153. The number of fused-ring (bicyclic) bond motifs is 6. The second-order valence-electron chi connectivity index (χ2n) is 19.9. The summed E-state index contributed by atoms with van der Waals surface area (Å²) in [5.41, 5.74) is 20.7. The standard InChI is InChI=1S/C36H26ClN3.C36H24N3.Sb/c37-36-34-23-12-24-35(36)40(29-17-8-3-9-18-29)33-22-11-20-31(26-33)38(27-13-4-1-5-14-27)30-19-10-21-32(25-30)39(34)28-15-6-2-7-16-28;1-4-13-28(14-5-1)37-31-19-10-21-33(25-31)38(29-15-6-2-7-16-29)35-23-12-24-36(27-35)39(30-17-8-3-9-18-30)34-22-11-20-32(37)26-34;/h1-26H;1-24H;. The Balaban J connectivity index is 0.000000138. The molecule has 12 aromatic rings. The van der Waals surface area contributed by atoms with Gasteiger partial charge in [0.2, 0.25) is 0 Å². The van der Waals surface area contributed by atoms with Gasteiger partial charge in [-0.25, -0.2) is 0 Å². The zero-order valence-corrected chi connectivity index (χ0v) is 46.7. The third-order valence-electron chi connectivity index (χ3n) is 15.3. The van der Waals surface area contributed by atoms with E-state index in [0.717, 1.165) is 51.2 Å². The van der Waals surface area contributed by atoms with Crippen LogP contribution in [0.2, 0.25) is 5.02 Å². The first-order valence-electron chi connectivity index (χ1n) is 27.0. The molecule has 0 atom stereocenters. The van der Waals surface area contributed by atoms with Gasteiger partial charge in [0.25, 0.3) is 0 Å². The molecule has 6 nitrogen and oxygen atoms in total. The van der Waals surface area contributed by atoms with Crippen molar-refractivity contribution in [2.24, 2.45) is 0 Å². The Morgan fingerprint density at radius 2 is 0.388 bits per heavy atom. The second-order valence-corrected chi connectivity index (χ2v) is 26.1. The molecule has 0 saturated heterocycles. The summed E-state index contributed by atoms with van der Waals surface area (Å²) >= 11 is 4.92. The van der Waals surface area contributed by atoms with Crippen LogP contribution in [0.25, 0.3) is 0 Å². The van der Waals surface area contributed by atoms with E-state index in [9.17, 15) is 0 Å². The molecule has 0 aliphatic carbocycles. The van der Waals surface area contributed by atoms with E-state index in [1.165, 1.54) is 51.2 Å². The number of halogens is 1. The summed E-state index contributed by atoms with van der Waals surface area (Å²) in [4.78, 5) is 14.3. The van der Waals surface area contributed by atoms with Crippen molar-refractivity contribution in [3.63, 3.8) is 0 Å². The van der Waals surface area contributed by atoms with E-state index in [0.29, 0.717) is 5.02 Å². The molecule has 8 heteroatoms. The average molecular weight is 1160 g/mol. The molecule has 0 saturated carbocycles. The molecule has 4 aliphatic rings. The molecule has 0 amide bonds. The molecule has 0 fully saturated rings. The van der Waals surface area contributed by atoms with Crippen LogP contribution in [0.1, 0.15) is 0 Å². The number of rotatable bonds is 6. The van der Waals surface area contributed by atoms with Gasteiger partial charge in [-0.3, -0.25) is 0 Å². The molecule has 12 aromatic carbocycles. The molecule has 0 spiro atoms. The van der Waals surface area contributed by atoms with E-state index in [4.69, 9.17) is 11.6 Å². The van der Waals surface area contributed by atoms with Crippen LogP contribution in [0.4, 0.5) is 102 Å². The number of nitrogens with zero attached hydrogens (tertiary/aromatic N) is 6. The summed E-state index contributed by atoms with van der Waals surface area (Å²) in [5.74, 6) is 0. The van der Waals surface area contributed by atoms with Crippen molar-refractivity contribution in [3.05, 3.63) is 308 Å². The number of hydrogen-bond donors (Lipinski definition) is 0. The molecule has 80 heavy (non-hydrogen) atoms. The average Bonchev–Trinajstić information content (AvgIpc) is 3.59. The van der Waals surface area contributed by atoms with Crippen molar-refractivity contribution in [1.29, 1.82) is 0 Å². The van der Waals surface area contributed by atoms with Gasteiger partial charge < -0.3 is 14.7 Å². The van der Waals surface area contributed by atoms with E-state index < -0.39 is 20.2 Å². The fourth-order valence-electron chi connectivity index (χ4n) is 12.0. The summed E-state index contributed by atoms with van der Waals surface area (Å²) in [7, 11) is 0. The Labute approximate surface area is 479 Å². The van der Waals surface area contributed by atoms with E-state index in [1.807, 2.05) is 12.1 Å². The zero-order chi connectivity index (χ0) is 53.1. The Morgan fingerprint density at radius 1 is 0.188 bits per heavy atom. The van der Waals surface area contributed by atoms with Gasteiger partial charge in [0.05, 0.1) is 16.4 Å². The third-order valence-corrected chi connectivity index (χ3v) is 23.5. The predicted molar refractivity (Wildman–Crippen MR) is 338 cm³/mol. The summed E-state index contributed by atoms with van der Waals surface area (Å²) < 4.78 is 4.64. The van der Waals surface area contributed by atoms with E-state index in [-0.39, 0.29) is 0 Å². The zero-order valence-electron chi connectivity index (χ0n) is 43.4. The Bertz CT molecular complexity index is 3840. The second kappa shape index (κ2) is 20.1. The van der Waals surface area contributed by atoms with Gasteiger partial charge in [-0.15, -0.1) is 0 Å². The monoisotopic (exact) mass is 1150 g/mol. The van der Waals surface area contributed by atoms with E-state index >= 15 is 0 Å². The first kappa shape index (κ1) is 47.7. The third kappa shape index (κ3) is 7.93. The van der Waals surface area contributed by atoms with Crippen molar-refractivity contribution in [2.45, 2.75) is 0 Å². The molecule has 6 bridgehead atoms. The molecular weight excluding hydrogens is 1110 g/mol. The predicted octanol–water partition coefficient (Wildman–Crippen LogP) is 18.6. The first-order chi connectivity index (χ1) is 39.7. The number of para-hydroxylation sites is 6. The Kier molecular flexibility index (Phi) is 12.0. The van der Waals surface area contributed by atoms with Crippen molar-refractivity contribution in [3.8, 4) is 0 Å². The van der Waals surface area contributed by atoms with Crippen LogP contribution in [0.5, 0.6) is 0 Å². The summed E-state index contributed by atoms with van der Waals surface area (Å²) in [6.07, 6.45) is 0. The van der Waals surface area contributed by atoms with Gasteiger partial charge in [0.1, 0.15) is 0 Å². The molecular formula is C72H50ClN6Sb. The maximum absolute atomic E-state index is 7.38. The van der Waals surface area contributed by atoms with Gasteiger partial charge in [-0.05, 0) is 84.9 Å². The van der Waals surface area contributed by atoms with Crippen molar-refractivity contribution >= 4 is 145 Å². The molecule has 0 aromatic heterocycles. The van der Waals surface area contributed by atoms with Gasteiger partial charge in [0.15, 0.2) is 0 Å². The van der Waals surface area contributed by atoms with Crippen molar-refractivity contribution in [1.82, 2.24) is 0 Å². The Hall–Kier alpha value is -9.45. The normalized spacial score (nSPS) is 13.4. The summed E-state index contributed by atoms with van der Waals surface area (Å²) in [6, 6.07) is 108. The molecule has 380 valence electrons. The molecule has 0 N–H and O–H groups in total. The van der Waals surface area contributed by atoms with Crippen LogP contribution in [-0.2, 0) is 0 Å². The van der Waals surface area contributed by atoms with Crippen molar-refractivity contribution < 1.29 is 0 Å². The van der Waals surface area contributed by atoms with Gasteiger partial charge in [-0.2, -0.15) is 0 Å². The molecule has 0 unspecified atom stereocenters. The maximum atomic E-state index is 7.38. The molecule has 0 radical (unpaired) electrons. The SMILES string of the molecule is Clc1c2cccc1N(c1ccccc1)c1cccc(c1)N(c1ccccc1)c1cccc(c1)N2c1ccccc1.c1ccc(N2c3cccc4[c]3[Sb]3[c]5c2cccc5N(c2ccccc2)c2cccc([c]23)N4c2ccccc2)cc1. The minimum absolute atomic E-state index is 0.673. The number of benzene rings is 12. The summed E-state index contributed by atoms with van der Waals surface area (Å²) in [6.45, 7) is 0. The Morgan fingerprint density at radius 3 is 0.662 bits per heavy atom. The van der Waals surface area contributed by atoms with E-state index in [2.05, 4.69) is 321 Å². The fraction of sp³-hybridized carbons (Fsp3) is 0. The van der Waals surface area contributed by atoms with Crippen LogP contribution in [-0.4, -0.2) is 20.2 Å². The van der Waals surface area contributed by atoms with Gasteiger partial charge >= 0.3 is 242 Å². The van der Waals surface area contributed by atoms with Gasteiger partial charge in [0, 0.05) is 39.8 Å². The van der Waals surface area contributed by atoms with Crippen LogP contribution < -0.4 is 39.9 Å². The van der Waals surface area contributed by atoms with Gasteiger partial charge in [-0.1, -0.05) is 84.4 Å². The number of hydrogen-bond acceptors (Lipinski definition) is 6. The van der Waals surface area contributed by atoms with Crippen LogP contribution in [0, 0.1) is 0 Å². The van der Waals surface area contributed by atoms with E-state index in [1.54, 1.807) is 10.5 Å². The van der Waals surface area contributed by atoms with Crippen LogP contribution in [0.3, 0.4) is 0 Å². The molecule has 16 rings (SSSR count). The van der Waals surface area contributed by atoms with Crippen LogP contribution >= 0.6 is 11.6 Å². The topological polar surface area (TPSA) is 19.4 Å². The molecule has 4 heterocycles. The van der Waals surface area contributed by atoms with Crippen molar-refractivity contribution in [2.75, 3.05) is 29.4 Å². The minimum atomic E-state index is -2.46.